The molecule has 0 rings (SSSR count). The van der Waals surface area contributed by atoms with Gasteiger partial charge < -0.3 is 0 Å². The third-order valence-corrected chi connectivity index (χ3v) is 3.20. The Kier molecular flexibility index (Phi) is 14.8. The van der Waals surface area contributed by atoms with Gasteiger partial charge in [0.25, 0.3) is 0 Å². The highest BCUT2D eigenvalue weighted by molar-refractivity contribution is 4.56. The molecule has 110 valence electrons. The van der Waals surface area contributed by atoms with Crippen molar-refractivity contribution in [1.29, 1.82) is 0 Å². The molecule has 0 aliphatic carbocycles. The summed E-state index contributed by atoms with van der Waals surface area (Å²) >= 11 is 0. The van der Waals surface area contributed by atoms with Gasteiger partial charge in [-0.3, -0.25) is 0 Å². The van der Waals surface area contributed by atoms with Crippen LogP contribution in [0.1, 0.15) is 84.5 Å². The number of hydrogen-bond acceptors (Lipinski definition) is 4. The Bertz CT molecular complexity index is 153. The summed E-state index contributed by atoms with van der Waals surface area (Å²) in [6.45, 7) is 4.34. The molecule has 0 spiro atoms. The fourth-order valence-electron chi connectivity index (χ4n) is 2.14. The van der Waals surface area contributed by atoms with Crippen LogP contribution in [0.25, 0.3) is 0 Å². The molecular weight excluding hydrogens is 232 g/mol. The van der Waals surface area contributed by atoms with E-state index in [0.717, 1.165) is 25.7 Å². The van der Waals surface area contributed by atoms with Gasteiger partial charge in [0.15, 0.2) is 0 Å². The maximum absolute atomic E-state index is 8.05. The van der Waals surface area contributed by atoms with Gasteiger partial charge in [-0.05, 0) is 22.9 Å². The van der Waals surface area contributed by atoms with Crippen LogP contribution in [0, 0.1) is 0 Å². The van der Waals surface area contributed by atoms with Crippen molar-refractivity contribution in [3.05, 3.63) is 0 Å². The van der Waals surface area contributed by atoms with Gasteiger partial charge in [0.05, 0.1) is 6.10 Å². The largest absolute Gasteiger partial charge is 0.219 e. The summed E-state index contributed by atoms with van der Waals surface area (Å²) in [5.74, 6) is 0. The third kappa shape index (κ3) is 12.3. The van der Waals surface area contributed by atoms with Crippen LogP contribution in [0.15, 0.2) is 0 Å². The predicted molar refractivity (Wildman–Crippen MR) is 71.8 cm³/mol. The first-order chi connectivity index (χ1) is 8.85. The monoisotopic (exact) mass is 262 g/mol. The van der Waals surface area contributed by atoms with Gasteiger partial charge in [-0.2, -0.15) is 0 Å². The fraction of sp³-hybridized carbons (Fsp3) is 1.00. The van der Waals surface area contributed by atoms with Crippen LogP contribution in [-0.2, 0) is 15.0 Å². The van der Waals surface area contributed by atoms with Crippen molar-refractivity contribution in [2.75, 3.05) is 0 Å². The first-order valence-electron chi connectivity index (χ1n) is 7.48. The Hall–Kier alpha value is -0.160. The zero-order valence-electron chi connectivity index (χ0n) is 12.0. The van der Waals surface area contributed by atoms with Crippen LogP contribution < -0.4 is 0 Å². The number of unbranched alkanes of at least 4 members (excludes halogenated alkanes) is 7. The molecule has 0 heterocycles. The Balaban J connectivity index is 3.31. The number of hydrogen-bond donors (Lipinski definition) is 1. The Morgan fingerprint density at radius 3 is 1.94 bits per heavy atom. The van der Waals surface area contributed by atoms with E-state index < -0.39 is 0 Å². The lowest BCUT2D eigenvalue weighted by molar-refractivity contribution is -0.632. The zero-order chi connectivity index (χ0) is 13.5. The van der Waals surface area contributed by atoms with Gasteiger partial charge >= 0.3 is 0 Å². The maximum Gasteiger partial charge on any atom is 0.0962 e. The van der Waals surface area contributed by atoms with Gasteiger partial charge in [-0.1, -0.05) is 71.6 Å². The lowest BCUT2D eigenvalue weighted by Crippen LogP contribution is -2.13. The molecule has 4 nitrogen and oxygen atoms in total. The van der Waals surface area contributed by atoms with E-state index in [1.807, 2.05) is 0 Å². The highest BCUT2D eigenvalue weighted by Gasteiger charge is 2.09. The molecule has 4 heteroatoms. The summed E-state index contributed by atoms with van der Waals surface area (Å²) in [4.78, 5) is 4.92. The van der Waals surface area contributed by atoms with Crippen LogP contribution in [-0.4, -0.2) is 11.4 Å². The van der Waals surface area contributed by atoms with Crippen molar-refractivity contribution < 1.29 is 20.2 Å². The molecule has 0 amide bonds. The quantitative estimate of drug-likeness (QED) is 0.271. The SMILES string of the molecule is CCCCCCCCCCC(CCC)OOOO. The van der Waals surface area contributed by atoms with Crippen LogP contribution in [0.5, 0.6) is 0 Å². The average molecular weight is 262 g/mol. The van der Waals surface area contributed by atoms with Gasteiger partial charge in [-0.15, -0.1) is 0 Å². The molecule has 1 unspecified atom stereocenters. The van der Waals surface area contributed by atoms with Gasteiger partial charge in [-0.25, -0.2) is 10.1 Å². The van der Waals surface area contributed by atoms with Gasteiger partial charge in [0, 0.05) is 0 Å². The summed E-state index contributed by atoms with van der Waals surface area (Å²) < 4.78 is 0. The predicted octanol–water partition coefficient (Wildman–Crippen LogP) is 5.04. The second kappa shape index (κ2) is 14.9. The van der Waals surface area contributed by atoms with Crippen molar-refractivity contribution in [2.45, 2.75) is 90.6 Å². The molecule has 0 saturated carbocycles. The minimum Gasteiger partial charge on any atom is -0.219 e. The van der Waals surface area contributed by atoms with Crippen molar-refractivity contribution in [3.8, 4) is 0 Å². The average Bonchev–Trinajstić information content (AvgIpc) is 2.39. The Morgan fingerprint density at radius 2 is 1.39 bits per heavy atom. The highest BCUT2D eigenvalue weighted by atomic mass is 17.6. The molecule has 0 fully saturated rings. The van der Waals surface area contributed by atoms with Gasteiger partial charge in [0.1, 0.15) is 0 Å². The topological polar surface area (TPSA) is 47.9 Å². The van der Waals surface area contributed by atoms with Crippen LogP contribution in [0.4, 0.5) is 0 Å². The van der Waals surface area contributed by atoms with Crippen molar-refractivity contribution >= 4 is 0 Å². The van der Waals surface area contributed by atoms with E-state index in [4.69, 9.17) is 10.1 Å². The first kappa shape index (κ1) is 17.8. The summed E-state index contributed by atoms with van der Waals surface area (Å²) in [7, 11) is 0. The van der Waals surface area contributed by atoms with Crippen LogP contribution in [0.2, 0.25) is 0 Å². The second-order valence-electron chi connectivity index (χ2n) is 4.91. The highest BCUT2D eigenvalue weighted by Crippen LogP contribution is 2.14. The second-order valence-corrected chi connectivity index (χ2v) is 4.91. The minimum atomic E-state index is 0.0299. The molecule has 0 radical (unpaired) electrons. The lowest BCUT2D eigenvalue weighted by atomic mass is 10.0. The molecule has 0 saturated heterocycles. The van der Waals surface area contributed by atoms with Crippen molar-refractivity contribution in [1.82, 2.24) is 0 Å². The molecule has 0 aromatic heterocycles. The van der Waals surface area contributed by atoms with Crippen LogP contribution >= 0.6 is 0 Å². The standard InChI is InChI=1S/C14H30O4/c1-3-5-6-7-8-9-10-11-13-14(12-4-2)16-18-17-15/h14-15H,3-13H2,1-2H3. The third-order valence-electron chi connectivity index (χ3n) is 3.20. The molecule has 1 N–H and O–H groups in total. The summed E-state index contributed by atoms with van der Waals surface area (Å²) in [5, 5.41) is 15.7. The zero-order valence-corrected chi connectivity index (χ0v) is 12.0. The first-order valence-corrected chi connectivity index (χ1v) is 7.48. The van der Waals surface area contributed by atoms with E-state index in [1.165, 1.54) is 44.9 Å². The Labute approximate surface area is 111 Å². The lowest BCUT2D eigenvalue weighted by Gasteiger charge is -2.13. The van der Waals surface area contributed by atoms with Crippen LogP contribution in [0.3, 0.4) is 0 Å². The van der Waals surface area contributed by atoms with E-state index in [2.05, 4.69) is 23.9 Å². The summed E-state index contributed by atoms with van der Waals surface area (Å²) in [6.07, 6.45) is 13.4. The molecule has 1 atom stereocenters. The molecular formula is C14H30O4. The molecule has 0 aliphatic heterocycles. The van der Waals surface area contributed by atoms with E-state index in [1.54, 1.807) is 0 Å². The molecule has 18 heavy (non-hydrogen) atoms. The fourth-order valence-corrected chi connectivity index (χ4v) is 2.14. The molecule has 0 aromatic rings. The molecule has 0 aromatic carbocycles. The molecule has 0 aliphatic rings. The number of rotatable bonds is 14. The van der Waals surface area contributed by atoms with E-state index >= 15 is 0 Å². The normalized spacial score (nSPS) is 12.8. The smallest absolute Gasteiger partial charge is 0.0962 e. The summed E-state index contributed by atoms with van der Waals surface area (Å²) in [5.41, 5.74) is 0. The molecule has 0 bridgehead atoms. The van der Waals surface area contributed by atoms with Gasteiger partial charge in [0.2, 0.25) is 0 Å². The van der Waals surface area contributed by atoms with Crippen molar-refractivity contribution in [2.24, 2.45) is 0 Å². The van der Waals surface area contributed by atoms with Crippen molar-refractivity contribution in [3.63, 3.8) is 0 Å². The Morgan fingerprint density at radius 1 is 0.778 bits per heavy atom. The summed E-state index contributed by atoms with van der Waals surface area (Å²) in [6, 6.07) is 0. The maximum atomic E-state index is 8.05. The van der Waals surface area contributed by atoms with E-state index in [0.29, 0.717) is 0 Å². The van der Waals surface area contributed by atoms with E-state index in [-0.39, 0.29) is 6.10 Å². The minimum absolute atomic E-state index is 0.0299. The van der Waals surface area contributed by atoms with E-state index in [9.17, 15) is 0 Å².